The maximum Gasteiger partial charge on any atom is 0.238 e. The minimum Gasteiger partial charge on any atom is -0.326 e. The summed E-state index contributed by atoms with van der Waals surface area (Å²) in [7, 11) is 0. The van der Waals surface area contributed by atoms with Crippen molar-refractivity contribution < 1.29 is 9.59 Å². The Kier molecular flexibility index (Phi) is 7.46. The number of aryl methyl sites for hydroxylation is 1. The first-order valence-corrected chi connectivity index (χ1v) is 7.47. The van der Waals surface area contributed by atoms with Crippen LogP contribution in [0.4, 0.5) is 11.4 Å². The molecule has 0 bridgehead atoms. The highest BCUT2D eigenvalue weighted by atomic mass is 16.2. The number of carbonyl (C=O) groups is 2. The highest BCUT2D eigenvalue weighted by Gasteiger charge is 2.06. The molecule has 116 valence electrons. The molecule has 3 N–H and O–H groups in total. The molecular weight excluding hydrogens is 266 g/mol. The average Bonchev–Trinajstić information content (AvgIpc) is 2.47. The second-order valence-corrected chi connectivity index (χ2v) is 5.01. The summed E-state index contributed by atoms with van der Waals surface area (Å²) < 4.78 is 0. The molecule has 0 aliphatic rings. The lowest BCUT2D eigenvalue weighted by atomic mass is 10.1. The summed E-state index contributed by atoms with van der Waals surface area (Å²) in [6.45, 7) is 6.97. The number of amides is 2. The van der Waals surface area contributed by atoms with E-state index in [0.717, 1.165) is 30.6 Å². The molecule has 0 aliphatic carbocycles. The third-order valence-electron chi connectivity index (χ3n) is 3.11. The number of nitrogens with one attached hydrogen (secondary N) is 3. The third kappa shape index (κ3) is 6.40. The predicted molar refractivity (Wildman–Crippen MR) is 86.5 cm³/mol. The van der Waals surface area contributed by atoms with E-state index < -0.39 is 0 Å². The topological polar surface area (TPSA) is 70.2 Å². The van der Waals surface area contributed by atoms with Gasteiger partial charge in [0.1, 0.15) is 0 Å². The predicted octanol–water partition coefficient (Wildman–Crippen LogP) is 2.67. The maximum absolute atomic E-state index is 11.8. The Morgan fingerprint density at radius 3 is 2.52 bits per heavy atom. The Morgan fingerprint density at radius 2 is 1.86 bits per heavy atom. The average molecular weight is 291 g/mol. The SMILES string of the molecule is CCCCNCC(=O)Nc1ccc(C)c(NC(=O)CC)c1. The molecule has 0 heterocycles. The summed E-state index contributed by atoms with van der Waals surface area (Å²) in [5.74, 6) is -0.120. The molecule has 21 heavy (non-hydrogen) atoms. The van der Waals surface area contributed by atoms with Gasteiger partial charge in [0, 0.05) is 17.8 Å². The van der Waals surface area contributed by atoms with E-state index in [1.54, 1.807) is 13.0 Å². The zero-order valence-corrected chi connectivity index (χ0v) is 13.1. The molecule has 1 rings (SSSR count). The minimum atomic E-state index is -0.0808. The Labute approximate surface area is 126 Å². The molecule has 0 saturated heterocycles. The Balaban J connectivity index is 2.57. The van der Waals surface area contributed by atoms with Crippen LogP contribution in [0.15, 0.2) is 18.2 Å². The Hall–Kier alpha value is -1.88. The van der Waals surface area contributed by atoms with Gasteiger partial charge in [0.25, 0.3) is 0 Å². The highest BCUT2D eigenvalue weighted by molar-refractivity contribution is 5.95. The van der Waals surface area contributed by atoms with Crippen LogP contribution in [0.25, 0.3) is 0 Å². The summed E-state index contributed by atoms with van der Waals surface area (Å²) >= 11 is 0. The van der Waals surface area contributed by atoms with Gasteiger partial charge in [-0.3, -0.25) is 9.59 Å². The smallest absolute Gasteiger partial charge is 0.238 e. The van der Waals surface area contributed by atoms with Crippen molar-refractivity contribution in [1.29, 1.82) is 0 Å². The summed E-state index contributed by atoms with van der Waals surface area (Å²) in [6.07, 6.45) is 2.59. The molecule has 0 spiro atoms. The van der Waals surface area contributed by atoms with Crippen LogP contribution in [-0.4, -0.2) is 24.9 Å². The molecule has 0 aromatic heterocycles. The maximum atomic E-state index is 11.8. The zero-order valence-electron chi connectivity index (χ0n) is 13.1. The van der Waals surface area contributed by atoms with E-state index in [1.165, 1.54) is 0 Å². The Morgan fingerprint density at radius 1 is 1.10 bits per heavy atom. The number of anilines is 2. The van der Waals surface area contributed by atoms with Crippen LogP contribution < -0.4 is 16.0 Å². The summed E-state index contributed by atoms with van der Waals surface area (Å²) in [5, 5.41) is 8.74. The van der Waals surface area contributed by atoms with Crippen LogP contribution >= 0.6 is 0 Å². The molecule has 0 atom stereocenters. The second-order valence-electron chi connectivity index (χ2n) is 5.01. The van der Waals surface area contributed by atoms with Gasteiger partial charge in [-0.1, -0.05) is 26.3 Å². The fraction of sp³-hybridized carbons (Fsp3) is 0.500. The lowest BCUT2D eigenvalue weighted by Crippen LogP contribution is -2.28. The molecule has 5 nitrogen and oxygen atoms in total. The molecule has 5 heteroatoms. The van der Waals surface area contributed by atoms with Crippen LogP contribution in [0.3, 0.4) is 0 Å². The van der Waals surface area contributed by atoms with Gasteiger partial charge in [-0.25, -0.2) is 0 Å². The lowest BCUT2D eigenvalue weighted by Gasteiger charge is -2.11. The molecule has 0 saturated carbocycles. The van der Waals surface area contributed by atoms with Gasteiger partial charge in [-0.2, -0.15) is 0 Å². The molecule has 1 aromatic rings. The van der Waals surface area contributed by atoms with Gasteiger partial charge in [-0.15, -0.1) is 0 Å². The third-order valence-corrected chi connectivity index (χ3v) is 3.11. The summed E-state index contributed by atoms with van der Waals surface area (Å²) in [6, 6.07) is 5.50. The van der Waals surface area contributed by atoms with Gasteiger partial charge >= 0.3 is 0 Å². The van der Waals surface area contributed by atoms with E-state index in [1.807, 2.05) is 19.1 Å². The van der Waals surface area contributed by atoms with Gasteiger partial charge in [-0.05, 0) is 37.6 Å². The zero-order chi connectivity index (χ0) is 15.7. The van der Waals surface area contributed by atoms with E-state index in [9.17, 15) is 9.59 Å². The molecule has 0 fully saturated rings. The minimum absolute atomic E-state index is 0.0391. The molecular formula is C16H25N3O2. The monoisotopic (exact) mass is 291 g/mol. The van der Waals surface area contributed by atoms with Crippen LogP contribution in [0.2, 0.25) is 0 Å². The lowest BCUT2D eigenvalue weighted by molar-refractivity contribution is -0.116. The van der Waals surface area contributed by atoms with Gasteiger partial charge < -0.3 is 16.0 Å². The quantitative estimate of drug-likeness (QED) is 0.645. The van der Waals surface area contributed by atoms with E-state index in [-0.39, 0.29) is 11.8 Å². The van der Waals surface area contributed by atoms with Gasteiger partial charge in [0.15, 0.2) is 0 Å². The van der Waals surface area contributed by atoms with Crippen LogP contribution in [-0.2, 0) is 9.59 Å². The summed E-state index contributed by atoms with van der Waals surface area (Å²) in [4.78, 5) is 23.3. The standard InChI is InChI=1S/C16H25N3O2/c1-4-6-9-17-11-16(21)18-13-8-7-12(3)14(10-13)19-15(20)5-2/h7-8,10,17H,4-6,9,11H2,1-3H3,(H,18,21)(H,19,20). The van der Waals surface area contributed by atoms with E-state index >= 15 is 0 Å². The molecule has 0 unspecified atom stereocenters. The van der Waals surface area contributed by atoms with Crippen molar-refractivity contribution in [3.05, 3.63) is 23.8 Å². The number of unbranched alkanes of at least 4 members (excludes halogenated alkanes) is 1. The van der Waals surface area contributed by atoms with Crippen molar-refractivity contribution in [2.45, 2.75) is 40.0 Å². The first kappa shape index (κ1) is 17.2. The first-order valence-electron chi connectivity index (χ1n) is 7.47. The van der Waals surface area contributed by atoms with Crippen molar-refractivity contribution >= 4 is 23.2 Å². The number of benzene rings is 1. The van der Waals surface area contributed by atoms with Gasteiger partial charge in [0.05, 0.1) is 6.54 Å². The van der Waals surface area contributed by atoms with E-state index in [4.69, 9.17) is 0 Å². The van der Waals surface area contributed by atoms with Crippen molar-refractivity contribution in [2.24, 2.45) is 0 Å². The van der Waals surface area contributed by atoms with E-state index in [0.29, 0.717) is 18.7 Å². The van der Waals surface area contributed by atoms with E-state index in [2.05, 4.69) is 22.9 Å². The first-order chi connectivity index (χ1) is 10.1. The van der Waals surface area contributed by atoms with Gasteiger partial charge in [0.2, 0.25) is 11.8 Å². The normalized spacial score (nSPS) is 10.2. The fourth-order valence-corrected chi connectivity index (χ4v) is 1.78. The number of hydrogen-bond acceptors (Lipinski definition) is 3. The van der Waals surface area contributed by atoms with Crippen molar-refractivity contribution in [2.75, 3.05) is 23.7 Å². The number of rotatable bonds is 8. The van der Waals surface area contributed by atoms with Crippen molar-refractivity contribution in [1.82, 2.24) is 5.32 Å². The van der Waals surface area contributed by atoms with Crippen molar-refractivity contribution in [3.8, 4) is 0 Å². The largest absolute Gasteiger partial charge is 0.326 e. The molecule has 2 amide bonds. The van der Waals surface area contributed by atoms with Crippen LogP contribution in [0.1, 0.15) is 38.7 Å². The molecule has 0 radical (unpaired) electrons. The fourth-order valence-electron chi connectivity index (χ4n) is 1.78. The highest BCUT2D eigenvalue weighted by Crippen LogP contribution is 2.20. The number of carbonyl (C=O) groups excluding carboxylic acids is 2. The van der Waals surface area contributed by atoms with Crippen molar-refractivity contribution in [3.63, 3.8) is 0 Å². The van der Waals surface area contributed by atoms with Crippen LogP contribution in [0, 0.1) is 6.92 Å². The second kappa shape index (κ2) is 9.13. The Bertz CT molecular complexity index is 486. The van der Waals surface area contributed by atoms with Crippen LogP contribution in [0.5, 0.6) is 0 Å². The number of hydrogen-bond donors (Lipinski definition) is 3. The molecule has 0 aliphatic heterocycles. The molecule has 1 aromatic carbocycles. The summed E-state index contributed by atoms with van der Waals surface area (Å²) in [5.41, 5.74) is 2.39.